The minimum absolute atomic E-state index is 0.0507. The summed E-state index contributed by atoms with van der Waals surface area (Å²) in [6, 6.07) is 9.40. The lowest BCUT2D eigenvalue weighted by Gasteiger charge is -2.16. The standard InChI is InChI=1S/C28H31FN6O3/c1-28(2,3)33-16-20(15-30)34-25(36)13-18-6-8-21(14-23(18)29)38-26-22-12-19(7-9-24(22)31-17-32-26)27(37)35-10-4-5-11-35/h6-9,12,14-17H,4-5,10-11,13,30H2,1-3H3,(H,34,36)/b20-15+,33-16?. The molecule has 0 bridgehead atoms. The van der Waals surface area contributed by atoms with Gasteiger partial charge in [0.05, 0.1) is 28.6 Å². The van der Waals surface area contributed by atoms with Crippen LogP contribution in [0.15, 0.2) is 59.6 Å². The van der Waals surface area contributed by atoms with Crippen LogP contribution in [0.1, 0.15) is 49.5 Å². The number of carbonyl (C=O) groups is 2. The van der Waals surface area contributed by atoms with Gasteiger partial charge in [-0.2, -0.15) is 0 Å². The monoisotopic (exact) mass is 518 g/mol. The number of likely N-dealkylation sites (tertiary alicyclic amines) is 1. The predicted octanol–water partition coefficient (Wildman–Crippen LogP) is 4.13. The zero-order valence-corrected chi connectivity index (χ0v) is 21.7. The number of ether oxygens (including phenoxy) is 1. The maximum absolute atomic E-state index is 14.9. The molecule has 38 heavy (non-hydrogen) atoms. The number of nitrogens with one attached hydrogen (secondary N) is 1. The zero-order chi connectivity index (χ0) is 27.3. The maximum Gasteiger partial charge on any atom is 0.253 e. The SMILES string of the molecule is CC(C)(C)N=C/C(=C\N)NC(=O)Cc1ccc(Oc2ncnc3ccc(C(=O)N4CCCC4)cc23)cc1F. The largest absolute Gasteiger partial charge is 0.438 e. The second-order valence-corrected chi connectivity index (χ2v) is 10.0. The number of fused-ring (bicyclic) bond motifs is 1. The van der Waals surface area contributed by atoms with E-state index < -0.39 is 11.7 Å². The number of benzene rings is 2. The van der Waals surface area contributed by atoms with E-state index in [1.165, 1.54) is 30.9 Å². The Hall–Kier alpha value is -4.34. The first-order chi connectivity index (χ1) is 18.1. The molecule has 0 aliphatic carbocycles. The van der Waals surface area contributed by atoms with E-state index in [4.69, 9.17) is 10.5 Å². The number of aromatic nitrogens is 2. The average Bonchev–Trinajstić information content (AvgIpc) is 3.42. The number of rotatable bonds is 7. The van der Waals surface area contributed by atoms with Crippen molar-refractivity contribution in [1.29, 1.82) is 0 Å². The van der Waals surface area contributed by atoms with Gasteiger partial charge in [0.25, 0.3) is 5.91 Å². The van der Waals surface area contributed by atoms with E-state index in [-0.39, 0.29) is 35.1 Å². The Morgan fingerprint density at radius 2 is 1.92 bits per heavy atom. The van der Waals surface area contributed by atoms with Crippen molar-refractivity contribution >= 4 is 28.9 Å². The zero-order valence-electron chi connectivity index (χ0n) is 21.7. The van der Waals surface area contributed by atoms with E-state index in [2.05, 4.69) is 20.3 Å². The molecule has 9 nitrogen and oxygen atoms in total. The summed E-state index contributed by atoms with van der Waals surface area (Å²) >= 11 is 0. The molecule has 1 aromatic heterocycles. The Morgan fingerprint density at radius 3 is 2.61 bits per heavy atom. The summed E-state index contributed by atoms with van der Waals surface area (Å²) in [6.45, 7) is 7.22. The highest BCUT2D eigenvalue weighted by Crippen LogP contribution is 2.29. The second-order valence-electron chi connectivity index (χ2n) is 10.0. The average molecular weight is 519 g/mol. The molecule has 198 valence electrons. The lowest BCUT2D eigenvalue weighted by atomic mass is 10.1. The molecule has 2 aromatic carbocycles. The predicted molar refractivity (Wildman–Crippen MR) is 144 cm³/mol. The van der Waals surface area contributed by atoms with Crippen LogP contribution in [0.25, 0.3) is 10.9 Å². The third kappa shape index (κ3) is 6.70. The molecule has 0 unspecified atom stereocenters. The molecule has 1 aliphatic heterocycles. The van der Waals surface area contributed by atoms with Crippen LogP contribution >= 0.6 is 0 Å². The number of hydrogen-bond acceptors (Lipinski definition) is 7. The molecular formula is C28H31FN6O3. The van der Waals surface area contributed by atoms with Gasteiger partial charge in [-0.1, -0.05) is 6.07 Å². The highest BCUT2D eigenvalue weighted by Gasteiger charge is 2.20. The topological polar surface area (TPSA) is 123 Å². The van der Waals surface area contributed by atoms with Crippen LogP contribution in [-0.2, 0) is 11.2 Å². The molecule has 0 saturated carbocycles. The fourth-order valence-corrected chi connectivity index (χ4v) is 3.95. The summed E-state index contributed by atoms with van der Waals surface area (Å²) in [5.74, 6) is -0.700. The van der Waals surface area contributed by atoms with Crippen molar-refractivity contribution in [1.82, 2.24) is 20.2 Å². The maximum atomic E-state index is 14.9. The molecule has 4 rings (SSSR count). The Bertz CT molecular complexity index is 1410. The molecule has 0 spiro atoms. The highest BCUT2D eigenvalue weighted by atomic mass is 19.1. The van der Waals surface area contributed by atoms with Gasteiger partial charge in [0.1, 0.15) is 17.9 Å². The molecule has 2 amide bonds. The van der Waals surface area contributed by atoms with E-state index in [9.17, 15) is 14.0 Å². The first kappa shape index (κ1) is 26.7. The van der Waals surface area contributed by atoms with Crippen molar-refractivity contribution in [2.24, 2.45) is 10.7 Å². The minimum Gasteiger partial charge on any atom is -0.438 e. The van der Waals surface area contributed by atoms with Gasteiger partial charge in [-0.15, -0.1) is 0 Å². The first-order valence-electron chi connectivity index (χ1n) is 12.4. The van der Waals surface area contributed by atoms with Crippen molar-refractivity contribution in [3.63, 3.8) is 0 Å². The lowest BCUT2D eigenvalue weighted by Crippen LogP contribution is -2.27. The summed E-state index contributed by atoms with van der Waals surface area (Å²) in [5.41, 5.74) is 6.87. The van der Waals surface area contributed by atoms with Crippen molar-refractivity contribution in [3.05, 3.63) is 71.6 Å². The van der Waals surface area contributed by atoms with Crippen LogP contribution in [-0.4, -0.2) is 51.5 Å². The number of carbonyl (C=O) groups excluding carboxylic acids is 2. The van der Waals surface area contributed by atoms with Crippen LogP contribution in [0.2, 0.25) is 0 Å². The van der Waals surface area contributed by atoms with Gasteiger partial charge in [0, 0.05) is 37.1 Å². The number of nitrogens with zero attached hydrogens (tertiary/aromatic N) is 4. The molecule has 2 heterocycles. The second kappa shape index (κ2) is 11.4. The Morgan fingerprint density at radius 1 is 1.16 bits per heavy atom. The van der Waals surface area contributed by atoms with Crippen molar-refractivity contribution in [2.75, 3.05) is 13.1 Å². The summed E-state index contributed by atoms with van der Waals surface area (Å²) in [6.07, 6.45) is 5.84. The Balaban J connectivity index is 1.48. The van der Waals surface area contributed by atoms with E-state index in [0.29, 0.717) is 22.2 Å². The highest BCUT2D eigenvalue weighted by molar-refractivity contribution is 5.99. The van der Waals surface area contributed by atoms with Gasteiger partial charge in [-0.05, 0) is 63.4 Å². The van der Waals surface area contributed by atoms with Crippen molar-refractivity contribution in [3.8, 4) is 11.6 Å². The van der Waals surface area contributed by atoms with E-state index in [1.807, 2.05) is 25.7 Å². The third-order valence-electron chi connectivity index (χ3n) is 5.88. The van der Waals surface area contributed by atoms with Gasteiger partial charge in [-0.3, -0.25) is 14.6 Å². The van der Waals surface area contributed by atoms with Crippen molar-refractivity contribution in [2.45, 2.75) is 45.6 Å². The fourth-order valence-electron chi connectivity index (χ4n) is 3.95. The molecule has 1 saturated heterocycles. The van der Waals surface area contributed by atoms with E-state index in [0.717, 1.165) is 25.9 Å². The molecular weight excluding hydrogens is 487 g/mol. The first-order valence-corrected chi connectivity index (χ1v) is 12.4. The van der Waals surface area contributed by atoms with Gasteiger partial charge in [0.2, 0.25) is 11.8 Å². The van der Waals surface area contributed by atoms with Crippen LogP contribution in [0.4, 0.5) is 4.39 Å². The number of allylic oxidation sites excluding steroid dienone is 1. The summed E-state index contributed by atoms with van der Waals surface area (Å²) in [5, 5.41) is 3.17. The third-order valence-corrected chi connectivity index (χ3v) is 5.88. The molecule has 1 aliphatic rings. The number of halogens is 1. The molecule has 3 N–H and O–H groups in total. The van der Waals surface area contributed by atoms with Gasteiger partial charge < -0.3 is 20.7 Å². The van der Waals surface area contributed by atoms with Crippen molar-refractivity contribution < 1.29 is 18.7 Å². The van der Waals surface area contributed by atoms with Crippen LogP contribution in [0.3, 0.4) is 0 Å². The van der Waals surface area contributed by atoms with Gasteiger partial charge in [-0.25, -0.2) is 14.4 Å². The fraction of sp³-hybridized carbons (Fsp3) is 0.321. The summed E-state index contributed by atoms with van der Waals surface area (Å²) < 4.78 is 20.8. The molecule has 0 atom stereocenters. The molecule has 10 heteroatoms. The molecule has 0 radical (unpaired) electrons. The van der Waals surface area contributed by atoms with Gasteiger partial charge in [0.15, 0.2) is 0 Å². The molecule has 1 fully saturated rings. The van der Waals surface area contributed by atoms with E-state index in [1.54, 1.807) is 24.3 Å². The number of nitrogens with two attached hydrogens (primary N) is 1. The Labute approximate surface area is 220 Å². The summed E-state index contributed by atoms with van der Waals surface area (Å²) in [4.78, 5) is 39.9. The normalized spacial score (nSPS) is 14.3. The van der Waals surface area contributed by atoms with Crippen LogP contribution in [0.5, 0.6) is 11.6 Å². The number of hydrogen-bond donors (Lipinski definition) is 2. The van der Waals surface area contributed by atoms with E-state index >= 15 is 0 Å². The van der Waals surface area contributed by atoms with Crippen LogP contribution < -0.4 is 15.8 Å². The quantitative estimate of drug-likeness (QED) is 0.454. The summed E-state index contributed by atoms with van der Waals surface area (Å²) in [7, 11) is 0. The number of aliphatic imine (C=N–C) groups is 1. The smallest absolute Gasteiger partial charge is 0.253 e. The minimum atomic E-state index is -0.609. The lowest BCUT2D eigenvalue weighted by molar-refractivity contribution is -0.119. The molecule has 3 aromatic rings. The number of amides is 2. The van der Waals surface area contributed by atoms with Gasteiger partial charge >= 0.3 is 0 Å². The van der Waals surface area contributed by atoms with Crippen LogP contribution in [0, 0.1) is 5.82 Å². The Kier molecular flexibility index (Phi) is 7.99.